The Bertz CT molecular complexity index is 776. The van der Waals surface area contributed by atoms with Crippen LogP contribution in [0.5, 0.6) is 0 Å². The van der Waals surface area contributed by atoms with Crippen molar-refractivity contribution < 1.29 is 14.0 Å². The van der Waals surface area contributed by atoms with Gasteiger partial charge in [-0.05, 0) is 43.0 Å². The molecule has 0 unspecified atom stereocenters. The third-order valence-electron chi connectivity index (χ3n) is 4.56. The van der Waals surface area contributed by atoms with Gasteiger partial charge in [0.15, 0.2) is 0 Å². The van der Waals surface area contributed by atoms with Crippen molar-refractivity contribution in [3.63, 3.8) is 0 Å². The summed E-state index contributed by atoms with van der Waals surface area (Å²) in [7, 11) is 0. The van der Waals surface area contributed by atoms with E-state index in [1.165, 1.54) is 12.1 Å². The summed E-state index contributed by atoms with van der Waals surface area (Å²) in [6.45, 7) is 2.74. The van der Waals surface area contributed by atoms with Gasteiger partial charge in [-0.2, -0.15) is 0 Å². The lowest BCUT2D eigenvalue weighted by atomic mass is 10.0. The Labute approximate surface area is 158 Å². The number of amides is 3. The highest BCUT2D eigenvalue weighted by molar-refractivity contribution is 5.97. The molecule has 1 fully saturated rings. The van der Waals surface area contributed by atoms with Crippen molar-refractivity contribution in [3.8, 4) is 0 Å². The van der Waals surface area contributed by atoms with Crippen molar-refractivity contribution in [1.29, 1.82) is 0 Å². The molecule has 3 rings (SSSR count). The third-order valence-corrected chi connectivity index (χ3v) is 4.56. The van der Waals surface area contributed by atoms with Crippen molar-refractivity contribution in [3.05, 3.63) is 71.5 Å². The van der Waals surface area contributed by atoms with Crippen LogP contribution in [0.2, 0.25) is 0 Å². The molecule has 1 atom stereocenters. The molecule has 1 saturated carbocycles. The topological polar surface area (TPSA) is 61.4 Å². The predicted octanol–water partition coefficient (Wildman–Crippen LogP) is 3.38. The Morgan fingerprint density at radius 2 is 1.78 bits per heavy atom. The van der Waals surface area contributed by atoms with Gasteiger partial charge >= 0.3 is 6.03 Å². The number of carbonyl (C=O) groups excluding carboxylic acids is 2. The summed E-state index contributed by atoms with van der Waals surface area (Å²) >= 11 is 0. The van der Waals surface area contributed by atoms with E-state index < -0.39 is 12.1 Å². The van der Waals surface area contributed by atoms with Crippen LogP contribution in [0.4, 0.5) is 9.18 Å². The molecule has 6 heteroatoms. The van der Waals surface area contributed by atoms with E-state index in [4.69, 9.17) is 0 Å². The van der Waals surface area contributed by atoms with Crippen LogP contribution in [-0.2, 0) is 11.3 Å². The number of imide groups is 1. The molecule has 2 aromatic carbocycles. The minimum Gasteiger partial charge on any atom is -0.338 e. The van der Waals surface area contributed by atoms with Crippen LogP contribution in [-0.4, -0.2) is 29.4 Å². The van der Waals surface area contributed by atoms with Crippen LogP contribution in [0.15, 0.2) is 54.6 Å². The number of hydrogen-bond donors (Lipinski definition) is 2. The predicted molar refractivity (Wildman–Crippen MR) is 101 cm³/mol. The molecule has 142 valence electrons. The van der Waals surface area contributed by atoms with Gasteiger partial charge in [-0.25, -0.2) is 9.18 Å². The minimum absolute atomic E-state index is 0.264. The van der Waals surface area contributed by atoms with Crippen molar-refractivity contribution in [2.75, 3.05) is 6.54 Å². The number of hydrogen-bond acceptors (Lipinski definition) is 3. The average molecular weight is 369 g/mol. The molecule has 1 aliphatic carbocycles. The quantitative estimate of drug-likeness (QED) is 0.787. The van der Waals surface area contributed by atoms with Gasteiger partial charge in [0.25, 0.3) is 0 Å². The van der Waals surface area contributed by atoms with E-state index in [2.05, 4.69) is 15.5 Å². The lowest BCUT2D eigenvalue weighted by Gasteiger charge is -2.31. The van der Waals surface area contributed by atoms with Gasteiger partial charge in [0.1, 0.15) is 11.9 Å². The average Bonchev–Trinajstić information content (AvgIpc) is 3.49. The largest absolute Gasteiger partial charge is 0.338 e. The number of benzene rings is 2. The fourth-order valence-corrected chi connectivity index (χ4v) is 3.15. The van der Waals surface area contributed by atoms with Crippen molar-refractivity contribution in [2.24, 2.45) is 0 Å². The standard InChI is InChI=1S/C21H24FN3O2/c1-2-23-21(27)24-20(26)19(16-6-4-3-5-7-16)25(18-12-13-18)14-15-8-10-17(22)11-9-15/h3-11,18-19H,2,12-14H2,1H3,(H2,23,24,26,27)/t19-/m0/s1. The first-order chi connectivity index (χ1) is 13.1. The molecule has 0 heterocycles. The maximum absolute atomic E-state index is 13.2. The van der Waals surface area contributed by atoms with Crippen LogP contribution >= 0.6 is 0 Å². The molecule has 0 spiro atoms. The van der Waals surface area contributed by atoms with Crippen LogP contribution in [0.1, 0.15) is 36.9 Å². The van der Waals surface area contributed by atoms with Gasteiger partial charge in [-0.3, -0.25) is 15.0 Å². The monoisotopic (exact) mass is 369 g/mol. The fraction of sp³-hybridized carbons (Fsp3) is 0.333. The minimum atomic E-state index is -0.591. The Hall–Kier alpha value is -2.73. The summed E-state index contributed by atoms with van der Waals surface area (Å²) in [4.78, 5) is 27.0. The van der Waals surface area contributed by atoms with Gasteiger partial charge in [-0.15, -0.1) is 0 Å². The van der Waals surface area contributed by atoms with Gasteiger partial charge in [0, 0.05) is 19.1 Å². The Balaban J connectivity index is 1.87. The second kappa shape index (κ2) is 8.77. The SMILES string of the molecule is CCNC(=O)NC(=O)[C@H](c1ccccc1)N(Cc1ccc(F)cc1)C1CC1. The highest BCUT2D eigenvalue weighted by Gasteiger charge is 2.38. The normalized spacial score (nSPS) is 14.6. The van der Waals surface area contributed by atoms with Crippen LogP contribution < -0.4 is 10.6 Å². The zero-order valence-electron chi connectivity index (χ0n) is 15.3. The third kappa shape index (κ3) is 5.14. The highest BCUT2D eigenvalue weighted by Crippen LogP contribution is 2.36. The van der Waals surface area contributed by atoms with E-state index in [0.29, 0.717) is 13.1 Å². The summed E-state index contributed by atoms with van der Waals surface area (Å²) in [5, 5.41) is 5.04. The lowest BCUT2D eigenvalue weighted by molar-refractivity contribution is -0.126. The molecule has 5 nitrogen and oxygen atoms in total. The first-order valence-electron chi connectivity index (χ1n) is 9.22. The van der Waals surface area contributed by atoms with E-state index >= 15 is 0 Å². The summed E-state index contributed by atoms with van der Waals surface area (Å²) in [6.07, 6.45) is 2.00. The number of urea groups is 1. The molecule has 0 bridgehead atoms. The first kappa shape index (κ1) is 19.0. The smallest absolute Gasteiger partial charge is 0.321 e. The fourth-order valence-electron chi connectivity index (χ4n) is 3.15. The van der Waals surface area contributed by atoms with E-state index in [9.17, 15) is 14.0 Å². The molecule has 2 aromatic rings. The summed E-state index contributed by atoms with van der Waals surface area (Å²) in [5.74, 6) is -0.647. The molecular formula is C21H24FN3O2. The Morgan fingerprint density at radius 1 is 1.11 bits per heavy atom. The number of rotatable bonds is 7. The van der Waals surface area contributed by atoms with Gasteiger partial charge in [0.05, 0.1) is 0 Å². The summed E-state index contributed by atoms with van der Waals surface area (Å²) in [6, 6.07) is 14.9. The van der Waals surface area contributed by atoms with Gasteiger partial charge < -0.3 is 5.32 Å². The van der Waals surface area contributed by atoms with Crippen molar-refractivity contribution >= 4 is 11.9 Å². The number of carbonyl (C=O) groups is 2. The molecule has 0 radical (unpaired) electrons. The summed E-state index contributed by atoms with van der Waals surface area (Å²) in [5.41, 5.74) is 1.75. The highest BCUT2D eigenvalue weighted by atomic mass is 19.1. The van der Waals surface area contributed by atoms with Crippen LogP contribution in [0.3, 0.4) is 0 Å². The lowest BCUT2D eigenvalue weighted by Crippen LogP contribution is -2.46. The Kier molecular flexibility index (Phi) is 6.19. The molecule has 0 aliphatic heterocycles. The second-order valence-electron chi connectivity index (χ2n) is 6.69. The summed E-state index contributed by atoms with van der Waals surface area (Å²) < 4.78 is 13.2. The number of nitrogens with zero attached hydrogens (tertiary/aromatic N) is 1. The van der Waals surface area contributed by atoms with E-state index in [0.717, 1.165) is 24.0 Å². The second-order valence-corrected chi connectivity index (χ2v) is 6.69. The van der Waals surface area contributed by atoms with Crippen LogP contribution in [0, 0.1) is 5.82 Å². The Morgan fingerprint density at radius 3 is 2.37 bits per heavy atom. The maximum atomic E-state index is 13.2. The first-order valence-corrected chi connectivity index (χ1v) is 9.22. The molecule has 3 amide bonds. The zero-order chi connectivity index (χ0) is 19.2. The number of halogens is 1. The molecular weight excluding hydrogens is 345 g/mol. The number of nitrogens with one attached hydrogen (secondary N) is 2. The van der Waals surface area contributed by atoms with Gasteiger partial charge in [-0.1, -0.05) is 42.5 Å². The maximum Gasteiger partial charge on any atom is 0.321 e. The molecule has 2 N–H and O–H groups in total. The van der Waals surface area contributed by atoms with Crippen molar-refractivity contribution in [2.45, 2.75) is 38.4 Å². The van der Waals surface area contributed by atoms with E-state index in [-0.39, 0.29) is 17.8 Å². The van der Waals surface area contributed by atoms with Gasteiger partial charge in [0.2, 0.25) is 5.91 Å². The molecule has 0 aromatic heterocycles. The van der Waals surface area contributed by atoms with Crippen molar-refractivity contribution in [1.82, 2.24) is 15.5 Å². The molecule has 0 saturated heterocycles. The van der Waals surface area contributed by atoms with Crippen LogP contribution in [0.25, 0.3) is 0 Å². The van der Waals surface area contributed by atoms with E-state index in [1.54, 1.807) is 19.1 Å². The molecule has 27 heavy (non-hydrogen) atoms. The zero-order valence-corrected chi connectivity index (χ0v) is 15.3. The molecule has 1 aliphatic rings. The van der Waals surface area contributed by atoms with E-state index in [1.807, 2.05) is 30.3 Å².